The molecule has 0 aliphatic carbocycles. The van der Waals surface area contributed by atoms with Crippen LogP contribution in [-0.2, 0) is 11.5 Å². The van der Waals surface area contributed by atoms with E-state index in [1.165, 1.54) is 6.07 Å². The fourth-order valence-electron chi connectivity index (χ4n) is 1.07. The van der Waals surface area contributed by atoms with Crippen LogP contribution in [0.4, 0.5) is 13.2 Å². The van der Waals surface area contributed by atoms with E-state index < -0.39 is 16.8 Å². The Morgan fingerprint density at radius 2 is 2.00 bits per heavy atom. The van der Waals surface area contributed by atoms with E-state index in [0.717, 1.165) is 6.07 Å². The predicted molar refractivity (Wildman–Crippen MR) is 53.8 cm³/mol. The highest BCUT2D eigenvalue weighted by atomic mass is 79.9. The first-order chi connectivity index (χ1) is 6.91. The molecule has 0 heterocycles. The number of benzene rings is 1. The standard InChI is InChI=1S/C9H4BrClF3N/c10-3-5-1-2-7(9(12,13)14)8(11)6(5)4-15/h1-2H,3H2. The molecule has 0 spiro atoms. The summed E-state index contributed by atoms with van der Waals surface area (Å²) in [5.74, 6) is 0. The molecule has 0 aliphatic heterocycles. The van der Waals surface area contributed by atoms with Crippen molar-refractivity contribution in [2.45, 2.75) is 11.5 Å². The van der Waals surface area contributed by atoms with Gasteiger partial charge in [0.25, 0.3) is 0 Å². The van der Waals surface area contributed by atoms with Crippen LogP contribution in [-0.4, -0.2) is 0 Å². The smallest absolute Gasteiger partial charge is 0.192 e. The summed E-state index contributed by atoms with van der Waals surface area (Å²) in [6.45, 7) is 0. The number of alkyl halides is 4. The van der Waals surface area contributed by atoms with Crippen LogP contribution in [0.3, 0.4) is 0 Å². The van der Waals surface area contributed by atoms with E-state index in [9.17, 15) is 13.2 Å². The Balaban J connectivity index is 3.45. The fraction of sp³-hybridized carbons (Fsp3) is 0.222. The minimum absolute atomic E-state index is 0.136. The minimum atomic E-state index is -4.53. The van der Waals surface area contributed by atoms with Gasteiger partial charge >= 0.3 is 6.18 Å². The highest BCUT2D eigenvalue weighted by molar-refractivity contribution is 9.08. The maximum atomic E-state index is 12.4. The Morgan fingerprint density at radius 1 is 1.40 bits per heavy atom. The van der Waals surface area contributed by atoms with Gasteiger partial charge in [-0.05, 0) is 11.6 Å². The van der Waals surface area contributed by atoms with E-state index in [1.54, 1.807) is 6.07 Å². The first kappa shape index (κ1) is 12.3. The first-order valence-electron chi connectivity index (χ1n) is 3.76. The predicted octanol–water partition coefficient (Wildman–Crippen LogP) is 4.13. The number of rotatable bonds is 1. The molecule has 0 saturated carbocycles. The number of halogens is 5. The molecule has 1 rings (SSSR count). The van der Waals surface area contributed by atoms with E-state index in [0.29, 0.717) is 5.56 Å². The molecule has 1 nitrogen and oxygen atoms in total. The number of hydrogen-bond acceptors (Lipinski definition) is 1. The van der Waals surface area contributed by atoms with Crippen molar-refractivity contribution in [1.82, 2.24) is 0 Å². The number of hydrogen-bond donors (Lipinski definition) is 0. The average molecular weight is 298 g/mol. The largest absolute Gasteiger partial charge is 0.417 e. The first-order valence-corrected chi connectivity index (χ1v) is 5.26. The summed E-state index contributed by atoms with van der Waals surface area (Å²) in [7, 11) is 0. The van der Waals surface area contributed by atoms with E-state index in [1.807, 2.05) is 0 Å². The summed E-state index contributed by atoms with van der Waals surface area (Å²) in [5.41, 5.74) is -0.677. The Labute approximate surface area is 97.6 Å². The lowest BCUT2D eigenvalue weighted by Gasteiger charge is -2.11. The lowest BCUT2D eigenvalue weighted by Crippen LogP contribution is -2.07. The summed E-state index contributed by atoms with van der Waals surface area (Å²) in [6.07, 6.45) is -4.53. The third kappa shape index (κ3) is 2.44. The van der Waals surface area contributed by atoms with Gasteiger partial charge in [0.05, 0.1) is 16.1 Å². The Kier molecular flexibility index (Phi) is 3.63. The number of nitrogens with zero attached hydrogens (tertiary/aromatic N) is 1. The van der Waals surface area contributed by atoms with Gasteiger partial charge in [0, 0.05) is 5.33 Å². The van der Waals surface area contributed by atoms with Crippen molar-refractivity contribution in [3.8, 4) is 6.07 Å². The maximum absolute atomic E-state index is 12.4. The van der Waals surface area contributed by atoms with Crippen LogP contribution < -0.4 is 0 Å². The molecular weight excluding hydrogens is 294 g/mol. The molecule has 0 saturated heterocycles. The molecule has 15 heavy (non-hydrogen) atoms. The molecule has 0 N–H and O–H groups in total. The second-order valence-electron chi connectivity index (χ2n) is 2.70. The lowest BCUT2D eigenvalue weighted by molar-refractivity contribution is -0.137. The van der Waals surface area contributed by atoms with Crippen molar-refractivity contribution in [2.75, 3.05) is 0 Å². The molecule has 0 aliphatic rings. The quantitative estimate of drug-likeness (QED) is 0.715. The highest BCUT2D eigenvalue weighted by Crippen LogP contribution is 2.37. The van der Waals surface area contributed by atoms with Crippen LogP contribution in [0.2, 0.25) is 5.02 Å². The van der Waals surface area contributed by atoms with E-state index in [-0.39, 0.29) is 10.9 Å². The van der Waals surface area contributed by atoms with Crippen LogP contribution in [0.1, 0.15) is 16.7 Å². The van der Waals surface area contributed by atoms with Gasteiger partial charge < -0.3 is 0 Å². The number of nitriles is 1. The third-order valence-corrected chi connectivity index (χ3v) is 2.79. The highest BCUT2D eigenvalue weighted by Gasteiger charge is 2.34. The normalized spacial score (nSPS) is 11.2. The second-order valence-corrected chi connectivity index (χ2v) is 3.64. The Hall–Kier alpha value is -0.730. The van der Waals surface area contributed by atoms with Gasteiger partial charge in [0.15, 0.2) is 0 Å². The zero-order chi connectivity index (χ0) is 11.6. The summed E-state index contributed by atoms with van der Waals surface area (Å²) in [5, 5.41) is 8.44. The van der Waals surface area contributed by atoms with Crippen molar-refractivity contribution in [1.29, 1.82) is 5.26 Å². The molecule has 0 atom stereocenters. The topological polar surface area (TPSA) is 23.8 Å². The summed E-state index contributed by atoms with van der Waals surface area (Å²) in [4.78, 5) is 0. The summed E-state index contributed by atoms with van der Waals surface area (Å²) in [6, 6.07) is 3.78. The zero-order valence-electron chi connectivity index (χ0n) is 7.20. The maximum Gasteiger partial charge on any atom is 0.417 e. The molecule has 0 unspecified atom stereocenters. The van der Waals surface area contributed by atoms with E-state index in [2.05, 4.69) is 15.9 Å². The monoisotopic (exact) mass is 297 g/mol. The Bertz CT molecular complexity index is 423. The van der Waals surface area contributed by atoms with Crippen molar-refractivity contribution < 1.29 is 13.2 Å². The lowest BCUT2D eigenvalue weighted by atomic mass is 10.1. The summed E-state index contributed by atoms with van der Waals surface area (Å²) < 4.78 is 37.2. The molecule has 0 bridgehead atoms. The molecule has 0 aromatic heterocycles. The molecule has 0 amide bonds. The van der Waals surface area contributed by atoms with Crippen LogP contribution in [0, 0.1) is 11.3 Å². The SMILES string of the molecule is N#Cc1c(CBr)ccc(C(F)(F)F)c1Cl. The minimum Gasteiger partial charge on any atom is -0.192 e. The molecule has 0 radical (unpaired) electrons. The molecule has 1 aromatic carbocycles. The van der Waals surface area contributed by atoms with E-state index >= 15 is 0 Å². The average Bonchev–Trinajstić information content (AvgIpc) is 2.15. The molecule has 6 heteroatoms. The molecule has 1 aromatic rings. The summed E-state index contributed by atoms with van der Waals surface area (Å²) >= 11 is 8.58. The van der Waals surface area contributed by atoms with Crippen LogP contribution in [0.15, 0.2) is 12.1 Å². The van der Waals surface area contributed by atoms with Gasteiger partial charge in [-0.25, -0.2) is 0 Å². The van der Waals surface area contributed by atoms with Crippen LogP contribution in [0.25, 0.3) is 0 Å². The van der Waals surface area contributed by atoms with Crippen LogP contribution in [0.5, 0.6) is 0 Å². The van der Waals surface area contributed by atoms with Crippen LogP contribution >= 0.6 is 27.5 Å². The van der Waals surface area contributed by atoms with Crippen molar-refractivity contribution in [3.05, 3.63) is 33.8 Å². The zero-order valence-corrected chi connectivity index (χ0v) is 9.54. The Morgan fingerprint density at radius 3 is 2.40 bits per heavy atom. The van der Waals surface area contributed by atoms with Gasteiger partial charge in [0.1, 0.15) is 6.07 Å². The van der Waals surface area contributed by atoms with Crippen molar-refractivity contribution >= 4 is 27.5 Å². The molecular formula is C9H4BrClF3N. The molecule has 80 valence electrons. The van der Waals surface area contributed by atoms with Crippen molar-refractivity contribution in [2.24, 2.45) is 0 Å². The van der Waals surface area contributed by atoms with Gasteiger partial charge in [-0.15, -0.1) is 0 Å². The third-order valence-electron chi connectivity index (χ3n) is 1.79. The second kappa shape index (κ2) is 4.42. The molecule has 0 fully saturated rings. The van der Waals surface area contributed by atoms with Gasteiger partial charge in [-0.3, -0.25) is 0 Å². The fourth-order valence-corrected chi connectivity index (χ4v) is 1.87. The van der Waals surface area contributed by atoms with Crippen molar-refractivity contribution in [3.63, 3.8) is 0 Å². The van der Waals surface area contributed by atoms with Gasteiger partial charge in [-0.1, -0.05) is 33.6 Å². The van der Waals surface area contributed by atoms with Gasteiger partial charge in [0.2, 0.25) is 0 Å². The van der Waals surface area contributed by atoms with Gasteiger partial charge in [-0.2, -0.15) is 18.4 Å². The van der Waals surface area contributed by atoms with E-state index in [4.69, 9.17) is 16.9 Å².